The van der Waals surface area contributed by atoms with Crippen LogP contribution in [-0.4, -0.2) is 103 Å². The highest BCUT2D eigenvalue weighted by molar-refractivity contribution is 7.93. The molecular weight excluding hydrogens is 817 g/mol. The molecule has 5 atom stereocenters. The van der Waals surface area contributed by atoms with Gasteiger partial charge in [-0.2, -0.15) is 22.5 Å². The zero-order valence-corrected chi connectivity index (χ0v) is 37.9. The van der Waals surface area contributed by atoms with Gasteiger partial charge >= 0.3 is 18.1 Å². The molecule has 3 aliphatic rings. The Bertz CT molecular complexity index is 2060. The van der Waals surface area contributed by atoms with Crippen LogP contribution in [0, 0.1) is 0 Å². The maximum atomic E-state index is 13.0. The van der Waals surface area contributed by atoms with E-state index in [4.69, 9.17) is 44.9 Å². The Hall–Kier alpha value is -2.39. The molecule has 0 N–H and O–H groups in total. The summed E-state index contributed by atoms with van der Waals surface area (Å²) in [7, 11) is -6.75. The summed E-state index contributed by atoms with van der Waals surface area (Å²) >= 11 is 6.87. The molecule has 57 heavy (non-hydrogen) atoms. The first kappa shape index (κ1) is 44.2. The van der Waals surface area contributed by atoms with Crippen molar-refractivity contribution < 1.29 is 45.5 Å². The first-order chi connectivity index (χ1) is 26.4. The number of nitrogens with zero attached hydrogens (tertiary/aromatic N) is 4. The van der Waals surface area contributed by atoms with Gasteiger partial charge in [-0.15, -0.1) is 0 Å². The molecule has 1 unspecified atom stereocenters. The molecule has 0 spiro atoms. The second kappa shape index (κ2) is 16.6. The fourth-order valence-corrected chi connectivity index (χ4v) is 11.4. The number of hydrogen-bond donors (Lipinski definition) is 0. The van der Waals surface area contributed by atoms with Crippen LogP contribution in [-0.2, 0) is 39.9 Å². The number of benzene rings is 1. The number of aromatic nitrogens is 3. The highest BCUT2D eigenvalue weighted by Gasteiger charge is 2.52. The third kappa shape index (κ3) is 10.2. The van der Waals surface area contributed by atoms with Gasteiger partial charge in [-0.25, -0.2) is 9.19 Å². The summed E-state index contributed by atoms with van der Waals surface area (Å²) < 4.78 is 88.3. The molecule has 1 aliphatic carbocycles. The van der Waals surface area contributed by atoms with Gasteiger partial charge in [-0.05, 0) is 67.4 Å². The molecule has 18 heteroatoms. The Balaban J connectivity index is 1.20. The highest BCUT2D eigenvalue weighted by atomic mass is 35.5. The Labute approximate surface area is 341 Å². The van der Waals surface area contributed by atoms with Gasteiger partial charge < -0.3 is 23.4 Å². The van der Waals surface area contributed by atoms with Crippen molar-refractivity contribution in [1.82, 2.24) is 14.5 Å². The van der Waals surface area contributed by atoms with Gasteiger partial charge in [0.1, 0.15) is 24.5 Å². The van der Waals surface area contributed by atoms with E-state index in [0.717, 1.165) is 23.4 Å². The summed E-state index contributed by atoms with van der Waals surface area (Å²) in [6, 6.07) is 11.0. The molecule has 0 radical (unpaired) electrons. The molecule has 0 bridgehead atoms. The van der Waals surface area contributed by atoms with E-state index in [-0.39, 0.29) is 36.0 Å². The molecule has 2 aliphatic heterocycles. The van der Waals surface area contributed by atoms with Crippen molar-refractivity contribution in [2.24, 2.45) is 4.36 Å². The number of fused-ring (bicyclic) bond motifs is 2. The SMILES string of the molecule is CC(C)(C)[Si](C)(C)O[C@@H]1CO[C@H]2[C@@H]1OC[C@H]2Oc1nc2cc(Cl)c(-c3ccc([C@H]4CC[C@@H](S(C)(=O)=NC(=O)C(F)(F)F)CC4)cc3)nc2n1COCC[Si](C)(C)C. The van der Waals surface area contributed by atoms with Crippen LogP contribution in [0.5, 0.6) is 6.01 Å². The van der Waals surface area contributed by atoms with Gasteiger partial charge in [-0.1, -0.05) is 76.3 Å². The second-order valence-electron chi connectivity index (χ2n) is 18.4. The van der Waals surface area contributed by atoms with Gasteiger partial charge in [0.05, 0.1) is 39.8 Å². The molecule has 11 nitrogen and oxygen atoms in total. The normalized spacial score (nSPS) is 25.7. The molecular formula is C39H56ClF3N4O7SSi2. The summed E-state index contributed by atoms with van der Waals surface area (Å²) in [5.74, 6) is -2.18. The van der Waals surface area contributed by atoms with Gasteiger partial charge in [0.2, 0.25) is 0 Å². The minimum absolute atomic E-state index is 0.0473. The van der Waals surface area contributed by atoms with E-state index in [0.29, 0.717) is 73.4 Å². The number of pyridine rings is 1. The Morgan fingerprint density at radius 2 is 1.60 bits per heavy atom. The van der Waals surface area contributed by atoms with Crippen molar-refractivity contribution in [2.45, 2.75) is 139 Å². The van der Waals surface area contributed by atoms with Crippen LogP contribution in [0.1, 0.15) is 57.9 Å². The molecule has 3 fully saturated rings. The number of ether oxygens (including phenoxy) is 4. The maximum absolute atomic E-state index is 13.0. The monoisotopic (exact) mass is 872 g/mol. The fraction of sp³-hybridized carbons (Fsp3) is 0.667. The summed E-state index contributed by atoms with van der Waals surface area (Å²) in [4.78, 5) is 21.3. The van der Waals surface area contributed by atoms with Crippen molar-refractivity contribution in [1.29, 1.82) is 0 Å². The third-order valence-electron chi connectivity index (χ3n) is 11.8. The van der Waals surface area contributed by atoms with E-state index in [2.05, 4.69) is 57.9 Å². The highest BCUT2D eigenvalue weighted by Crippen LogP contribution is 2.42. The van der Waals surface area contributed by atoms with E-state index in [1.165, 1.54) is 0 Å². The van der Waals surface area contributed by atoms with Crippen LogP contribution in [0.3, 0.4) is 0 Å². The van der Waals surface area contributed by atoms with Crippen LogP contribution in [0.2, 0.25) is 48.8 Å². The fourth-order valence-electron chi connectivity index (χ4n) is 7.31. The summed E-state index contributed by atoms with van der Waals surface area (Å²) in [5.41, 5.74) is 3.50. The molecule has 316 valence electrons. The Kier molecular flexibility index (Phi) is 12.8. The number of carbonyl (C=O) groups excluding carboxylic acids is 1. The van der Waals surface area contributed by atoms with Crippen molar-refractivity contribution in [2.75, 3.05) is 26.1 Å². The number of amides is 1. The first-order valence-corrected chi connectivity index (χ1v) is 28.6. The van der Waals surface area contributed by atoms with Crippen LogP contribution in [0.15, 0.2) is 34.7 Å². The van der Waals surface area contributed by atoms with Gasteiger partial charge in [-0.3, -0.25) is 9.36 Å². The zero-order valence-electron chi connectivity index (χ0n) is 34.3. The van der Waals surface area contributed by atoms with E-state index in [1.54, 1.807) is 6.07 Å². The second-order valence-corrected chi connectivity index (χ2v) is 31.7. The number of halogens is 4. The lowest BCUT2D eigenvalue weighted by Crippen LogP contribution is -2.47. The number of rotatable bonds is 12. The lowest BCUT2D eigenvalue weighted by molar-refractivity contribution is -0.169. The lowest BCUT2D eigenvalue weighted by atomic mass is 9.83. The molecule has 2 saturated heterocycles. The molecule has 1 amide bonds. The maximum Gasteiger partial charge on any atom is 0.474 e. The van der Waals surface area contributed by atoms with Crippen LogP contribution < -0.4 is 4.74 Å². The van der Waals surface area contributed by atoms with E-state index in [1.807, 2.05) is 28.8 Å². The standard InChI is InChI=1S/C39H56ClF3N4O7SSi2/c1-38(2,3)57(8,9)54-31-22-52-33-30(21-51-34(31)33)53-37-44-29-20-28(40)32(45-35(29)47(37)23-50-18-19-56(5,6)7)26-12-10-24(11-13-26)25-14-16-27(17-15-25)55(4,49)46-36(48)39(41,42)43/h10-13,20,25,27,30-31,33-34H,14-19,21-23H2,1-9H3/t25-,27+,30-,31-,33-,34-,55?/m1/s1. The van der Waals surface area contributed by atoms with Crippen molar-refractivity contribution in [3.63, 3.8) is 0 Å². The lowest BCUT2D eigenvalue weighted by Gasteiger charge is -2.39. The third-order valence-corrected chi connectivity index (χ3v) is 20.5. The summed E-state index contributed by atoms with van der Waals surface area (Å²) in [6.07, 6.45) is -3.12. The average Bonchev–Trinajstić information content (AvgIpc) is 3.79. The number of alkyl halides is 3. The molecule has 3 aromatic rings. The molecule has 4 heterocycles. The Morgan fingerprint density at radius 3 is 2.19 bits per heavy atom. The minimum Gasteiger partial charge on any atom is -0.456 e. The van der Waals surface area contributed by atoms with Gasteiger partial charge in [0.15, 0.2) is 20.1 Å². The van der Waals surface area contributed by atoms with Crippen LogP contribution >= 0.6 is 11.6 Å². The van der Waals surface area contributed by atoms with Crippen LogP contribution in [0.25, 0.3) is 22.4 Å². The van der Waals surface area contributed by atoms with E-state index < -0.39 is 49.6 Å². The topological polar surface area (TPSA) is 123 Å². The predicted octanol–water partition coefficient (Wildman–Crippen LogP) is 9.21. The molecule has 1 aromatic carbocycles. The molecule has 6 rings (SSSR count). The van der Waals surface area contributed by atoms with Gasteiger partial charge in [0, 0.05) is 31.7 Å². The smallest absolute Gasteiger partial charge is 0.456 e. The van der Waals surface area contributed by atoms with E-state index in [9.17, 15) is 22.2 Å². The average molecular weight is 874 g/mol. The predicted molar refractivity (Wildman–Crippen MR) is 221 cm³/mol. The largest absolute Gasteiger partial charge is 0.474 e. The quantitative estimate of drug-likeness (QED) is 0.130. The first-order valence-electron chi connectivity index (χ1n) is 19.6. The number of carbonyl (C=O) groups is 1. The Morgan fingerprint density at radius 1 is 0.982 bits per heavy atom. The number of hydrogen-bond acceptors (Lipinski definition) is 9. The number of imidazole rings is 1. The van der Waals surface area contributed by atoms with Gasteiger partial charge in [0.25, 0.3) is 0 Å². The van der Waals surface area contributed by atoms with Crippen LogP contribution in [0.4, 0.5) is 13.2 Å². The van der Waals surface area contributed by atoms with E-state index >= 15 is 0 Å². The molecule has 1 saturated carbocycles. The van der Waals surface area contributed by atoms with Crippen molar-refractivity contribution >= 4 is 54.8 Å². The van der Waals surface area contributed by atoms with Crippen molar-refractivity contribution in [3.8, 4) is 17.3 Å². The molecule has 2 aromatic heterocycles. The zero-order chi connectivity index (χ0) is 41.7. The summed E-state index contributed by atoms with van der Waals surface area (Å²) in [6.45, 7) is 19.5. The minimum atomic E-state index is -5.14. The summed E-state index contributed by atoms with van der Waals surface area (Å²) in [5, 5.41) is -0.125. The van der Waals surface area contributed by atoms with Crippen molar-refractivity contribution in [3.05, 3.63) is 40.9 Å².